The summed E-state index contributed by atoms with van der Waals surface area (Å²) in [5.74, 6) is 1.27. The van der Waals surface area contributed by atoms with Crippen LogP contribution in [0.4, 0.5) is 0 Å². The van der Waals surface area contributed by atoms with Gasteiger partial charge in [-0.05, 0) is 62.4 Å². The molecule has 20 heavy (non-hydrogen) atoms. The molecule has 1 fully saturated rings. The Bertz CT molecular complexity index is 467. The van der Waals surface area contributed by atoms with E-state index < -0.39 is 0 Å². The molecule has 0 aliphatic heterocycles. The molecule has 2 N–H and O–H groups in total. The quantitative estimate of drug-likeness (QED) is 0.685. The first-order valence-electron chi connectivity index (χ1n) is 6.62. The number of carbonyl (C=O) groups is 1. The van der Waals surface area contributed by atoms with Crippen LogP contribution in [0.3, 0.4) is 0 Å². The third-order valence-electron chi connectivity index (χ3n) is 3.14. The Morgan fingerprint density at radius 1 is 1.30 bits per heavy atom. The molecule has 0 bridgehead atoms. The van der Waals surface area contributed by atoms with Crippen LogP contribution >= 0.6 is 31.9 Å². The van der Waals surface area contributed by atoms with Crippen LogP contribution < -0.4 is 15.4 Å². The minimum atomic E-state index is 0.196. The Labute approximate surface area is 135 Å². The van der Waals surface area contributed by atoms with Gasteiger partial charge in [0.05, 0.1) is 16.1 Å². The van der Waals surface area contributed by atoms with Gasteiger partial charge in [0, 0.05) is 25.6 Å². The van der Waals surface area contributed by atoms with Crippen LogP contribution in [-0.4, -0.2) is 26.1 Å². The second kappa shape index (κ2) is 7.43. The lowest BCUT2D eigenvalue weighted by Crippen LogP contribution is -2.32. The van der Waals surface area contributed by atoms with E-state index in [1.807, 2.05) is 12.1 Å². The van der Waals surface area contributed by atoms with Crippen molar-refractivity contribution in [2.24, 2.45) is 5.92 Å². The monoisotopic (exact) mass is 404 g/mol. The smallest absolute Gasteiger partial charge is 0.223 e. The van der Waals surface area contributed by atoms with Crippen LogP contribution in [0, 0.1) is 5.92 Å². The summed E-state index contributed by atoms with van der Waals surface area (Å²) < 4.78 is 7.12. The molecule has 0 saturated heterocycles. The van der Waals surface area contributed by atoms with Gasteiger partial charge >= 0.3 is 0 Å². The molecule has 6 heteroatoms. The summed E-state index contributed by atoms with van der Waals surface area (Å²) in [4.78, 5) is 11.4. The fourth-order valence-corrected chi connectivity index (χ4v) is 3.51. The van der Waals surface area contributed by atoms with Gasteiger partial charge in [0.15, 0.2) is 0 Å². The first kappa shape index (κ1) is 15.8. The SMILES string of the molecule is COc1c(Br)cc(CNCCNC(=O)C2CC2)cc1Br. The minimum Gasteiger partial charge on any atom is -0.494 e. The normalized spacial score (nSPS) is 14.2. The van der Waals surface area contributed by atoms with Crippen LogP contribution in [-0.2, 0) is 11.3 Å². The number of nitrogens with one attached hydrogen (secondary N) is 2. The van der Waals surface area contributed by atoms with E-state index in [1.54, 1.807) is 7.11 Å². The Balaban J connectivity index is 1.72. The number of carbonyl (C=O) groups excluding carboxylic acids is 1. The van der Waals surface area contributed by atoms with Crippen LogP contribution in [0.1, 0.15) is 18.4 Å². The Morgan fingerprint density at radius 3 is 2.50 bits per heavy atom. The second-order valence-corrected chi connectivity index (χ2v) is 6.54. The molecular formula is C14H18Br2N2O2. The molecule has 4 nitrogen and oxygen atoms in total. The number of amides is 1. The number of hydrogen-bond acceptors (Lipinski definition) is 3. The van der Waals surface area contributed by atoms with Crippen LogP contribution in [0.25, 0.3) is 0 Å². The summed E-state index contributed by atoms with van der Waals surface area (Å²) in [6.07, 6.45) is 2.10. The maximum absolute atomic E-state index is 11.4. The molecule has 1 saturated carbocycles. The molecule has 0 spiro atoms. The van der Waals surface area contributed by atoms with Gasteiger partial charge in [0.2, 0.25) is 5.91 Å². The highest BCUT2D eigenvalue weighted by atomic mass is 79.9. The lowest BCUT2D eigenvalue weighted by molar-refractivity contribution is -0.122. The van der Waals surface area contributed by atoms with Gasteiger partial charge in [0.25, 0.3) is 0 Å². The predicted octanol–water partition coefficient (Wildman–Crippen LogP) is 2.84. The van der Waals surface area contributed by atoms with E-state index in [-0.39, 0.29) is 11.8 Å². The number of benzene rings is 1. The largest absolute Gasteiger partial charge is 0.494 e. The van der Waals surface area contributed by atoms with Gasteiger partial charge in [-0.1, -0.05) is 0 Å². The zero-order valence-electron chi connectivity index (χ0n) is 11.3. The van der Waals surface area contributed by atoms with Gasteiger partial charge in [-0.15, -0.1) is 0 Å². The second-order valence-electron chi connectivity index (χ2n) is 4.83. The van der Waals surface area contributed by atoms with Crippen molar-refractivity contribution in [3.63, 3.8) is 0 Å². The average Bonchev–Trinajstić information content (AvgIpc) is 3.22. The first-order chi connectivity index (χ1) is 9.61. The number of halogens is 2. The summed E-state index contributed by atoms with van der Waals surface area (Å²) in [6.45, 7) is 2.19. The lowest BCUT2D eigenvalue weighted by atomic mass is 10.2. The zero-order chi connectivity index (χ0) is 14.5. The summed E-state index contributed by atoms with van der Waals surface area (Å²) in [6, 6.07) is 4.05. The molecule has 1 aromatic carbocycles. The summed E-state index contributed by atoms with van der Waals surface area (Å²) in [7, 11) is 1.64. The summed E-state index contributed by atoms with van der Waals surface area (Å²) in [5, 5.41) is 6.24. The molecule has 1 amide bonds. The van der Waals surface area contributed by atoms with Gasteiger partial charge in [-0.3, -0.25) is 4.79 Å². The fourth-order valence-electron chi connectivity index (χ4n) is 1.91. The van der Waals surface area contributed by atoms with Crippen molar-refractivity contribution in [2.75, 3.05) is 20.2 Å². The molecule has 1 aromatic rings. The third-order valence-corrected chi connectivity index (χ3v) is 4.32. The van der Waals surface area contributed by atoms with Crippen molar-refractivity contribution in [3.8, 4) is 5.75 Å². The van der Waals surface area contributed by atoms with Crippen molar-refractivity contribution < 1.29 is 9.53 Å². The molecule has 0 radical (unpaired) electrons. The van der Waals surface area contributed by atoms with E-state index >= 15 is 0 Å². The highest BCUT2D eigenvalue weighted by molar-refractivity contribution is 9.11. The van der Waals surface area contributed by atoms with Crippen molar-refractivity contribution in [2.45, 2.75) is 19.4 Å². The number of ether oxygens (including phenoxy) is 1. The van der Waals surface area contributed by atoms with Gasteiger partial charge in [-0.2, -0.15) is 0 Å². The van der Waals surface area contributed by atoms with Gasteiger partial charge < -0.3 is 15.4 Å². The van der Waals surface area contributed by atoms with Gasteiger partial charge in [0.1, 0.15) is 5.75 Å². The molecule has 0 unspecified atom stereocenters. The fraction of sp³-hybridized carbons (Fsp3) is 0.500. The molecule has 0 atom stereocenters. The molecule has 2 rings (SSSR count). The highest BCUT2D eigenvalue weighted by Gasteiger charge is 2.28. The molecule has 0 heterocycles. The first-order valence-corrected chi connectivity index (χ1v) is 8.20. The maximum Gasteiger partial charge on any atom is 0.223 e. The van der Waals surface area contributed by atoms with Crippen LogP contribution in [0.5, 0.6) is 5.75 Å². The van der Waals surface area contributed by atoms with Crippen LogP contribution in [0.15, 0.2) is 21.1 Å². The number of rotatable bonds is 7. The van der Waals surface area contributed by atoms with E-state index in [0.717, 1.165) is 46.2 Å². The highest BCUT2D eigenvalue weighted by Crippen LogP contribution is 2.34. The van der Waals surface area contributed by atoms with E-state index in [2.05, 4.69) is 42.5 Å². The predicted molar refractivity (Wildman–Crippen MR) is 85.8 cm³/mol. The van der Waals surface area contributed by atoms with Gasteiger partial charge in [-0.25, -0.2) is 0 Å². The number of hydrogen-bond donors (Lipinski definition) is 2. The lowest BCUT2D eigenvalue weighted by Gasteiger charge is -2.10. The average molecular weight is 406 g/mol. The number of methoxy groups -OCH3 is 1. The van der Waals surface area contributed by atoms with E-state index in [4.69, 9.17) is 4.74 Å². The summed E-state index contributed by atoms with van der Waals surface area (Å²) in [5.41, 5.74) is 1.15. The molecular weight excluding hydrogens is 388 g/mol. The van der Waals surface area contributed by atoms with E-state index in [0.29, 0.717) is 6.54 Å². The topological polar surface area (TPSA) is 50.4 Å². The maximum atomic E-state index is 11.4. The van der Waals surface area contributed by atoms with E-state index in [1.165, 1.54) is 0 Å². The van der Waals surface area contributed by atoms with E-state index in [9.17, 15) is 4.79 Å². The Morgan fingerprint density at radius 2 is 1.95 bits per heavy atom. The summed E-state index contributed by atoms with van der Waals surface area (Å²) >= 11 is 6.97. The minimum absolute atomic E-state index is 0.196. The Kier molecular flexibility index (Phi) is 5.86. The van der Waals surface area contributed by atoms with Crippen molar-refractivity contribution in [1.29, 1.82) is 0 Å². The molecule has 1 aliphatic carbocycles. The molecule has 1 aliphatic rings. The van der Waals surface area contributed by atoms with Crippen molar-refractivity contribution in [3.05, 3.63) is 26.6 Å². The Hall–Kier alpha value is -0.590. The third kappa shape index (κ3) is 4.46. The van der Waals surface area contributed by atoms with Crippen molar-refractivity contribution >= 4 is 37.8 Å². The molecule has 110 valence electrons. The zero-order valence-corrected chi connectivity index (χ0v) is 14.5. The van der Waals surface area contributed by atoms with Crippen molar-refractivity contribution in [1.82, 2.24) is 10.6 Å². The van der Waals surface area contributed by atoms with Crippen LogP contribution in [0.2, 0.25) is 0 Å². The standard InChI is InChI=1S/C14H18Br2N2O2/c1-20-13-11(15)6-9(7-12(13)16)8-17-4-5-18-14(19)10-2-3-10/h6-7,10,17H,2-5,8H2,1H3,(H,18,19). The molecule has 0 aromatic heterocycles.